The summed E-state index contributed by atoms with van der Waals surface area (Å²) < 4.78 is 24.3. The molecule has 0 aliphatic carbocycles. The highest BCUT2D eigenvalue weighted by Gasteiger charge is 2.28. The minimum absolute atomic E-state index is 0.131. The summed E-state index contributed by atoms with van der Waals surface area (Å²) in [5.41, 5.74) is 0. The van der Waals surface area contributed by atoms with Crippen molar-refractivity contribution in [3.05, 3.63) is 0 Å². The predicted octanol–water partition coefficient (Wildman–Crippen LogP) is -0.0354. The molecule has 0 N–H and O–H groups in total. The molecule has 0 saturated carbocycles. The SMILES string of the molecule is C[C@H]1CCCCN1CC(=O)N1CCN(S(C)(=O)=O)CC1. The molecule has 2 fully saturated rings. The molecule has 1 amide bonds. The summed E-state index contributed by atoms with van der Waals surface area (Å²) in [4.78, 5) is 16.3. The molecule has 2 saturated heterocycles. The fourth-order valence-corrected chi connectivity index (χ4v) is 3.76. The van der Waals surface area contributed by atoms with Gasteiger partial charge >= 0.3 is 0 Å². The third kappa shape index (κ3) is 3.93. The standard InChI is InChI=1S/C13H25N3O3S/c1-12-5-3-4-6-15(12)11-13(17)14-7-9-16(10-8-14)20(2,18)19/h12H,3-11H2,1-2H3/t12-/m0/s1. The highest BCUT2D eigenvalue weighted by molar-refractivity contribution is 7.88. The number of carbonyl (C=O) groups is 1. The smallest absolute Gasteiger partial charge is 0.236 e. The second-order valence-electron chi connectivity index (χ2n) is 5.86. The van der Waals surface area contributed by atoms with Crippen LogP contribution in [0, 0.1) is 0 Å². The largest absolute Gasteiger partial charge is 0.339 e. The van der Waals surface area contributed by atoms with E-state index in [1.165, 1.54) is 23.4 Å². The Balaban J connectivity index is 1.83. The quantitative estimate of drug-likeness (QED) is 0.734. The molecule has 0 unspecified atom stereocenters. The van der Waals surface area contributed by atoms with Crippen LogP contribution in [0.15, 0.2) is 0 Å². The molecule has 2 aliphatic rings. The third-order valence-corrected chi connectivity index (χ3v) is 5.64. The van der Waals surface area contributed by atoms with Crippen molar-refractivity contribution < 1.29 is 13.2 Å². The molecule has 2 heterocycles. The number of piperidine rings is 1. The van der Waals surface area contributed by atoms with Crippen molar-refractivity contribution in [2.24, 2.45) is 0 Å². The van der Waals surface area contributed by atoms with Crippen LogP contribution in [0.2, 0.25) is 0 Å². The maximum Gasteiger partial charge on any atom is 0.236 e. The normalized spacial score (nSPS) is 26.7. The summed E-state index contributed by atoms with van der Waals surface area (Å²) in [6.07, 6.45) is 4.80. The lowest BCUT2D eigenvalue weighted by atomic mass is 10.0. The molecule has 0 radical (unpaired) electrons. The number of sulfonamides is 1. The molecular formula is C13H25N3O3S. The Hall–Kier alpha value is -0.660. The van der Waals surface area contributed by atoms with Crippen LogP contribution >= 0.6 is 0 Å². The minimum Gasteiger partial charge on any atom is -0.339 e. The highest BCUT2D eigenvalue weighted by atomic mass is 32.2. The Kier molecular flexibility index (Phi) is 5.04. The van der Waals surface area contributed by atoms with E-state index in [4.69, 9.17) is 0 Å². The molecule has 2 aliphatic heterocycles. The van der Waals surface area contributed by atoms with E-state index >= 15 is 0 Å². The van der Waals surface area contributed by atoms with Gasteiger partial charge in [0.1, 0.15) is 0 Å². The average molecular weight is 303 g/mol. The van der Waals surface area contributed by atoms with Gasteiger partial charge in [-0.25, -0.2) is 8.42 Å². The number of likely N-dealkylation sites (tertiary alicyclic amines) is 1. The van der Waals surface area contributed by atoms with Crippen LogP contribution in [0.4, 0.5) is 0 Å². The lowest BCUT2D eigenvalue weighted by molar-refractivity contribution is -0.134. The van der Waals surface area contributed by atoms with Crippen molar-refractivity contribution in [2.75, 3.05) is 45.5 Å². The number of nitrogens with zero attached hydrogens (tertiary/aromatic N) is 3. The van der Waals surface area contributed by atoms with Crippen LogP contribution in [0.3, 0.4) is 0 Å². The Morgan fingerprint density at radius 3 is 2.30 bits per heavy atom. The van der Waals surface area contributed by atoms with E-state index in [1.807, 2.05) is 0 Å². The number of rotatable bonds is 3. The van der Waals surface area contributed by atoms with Gasteiger partial charge in [0.2, 0.25) is 15.9 Å². The van der Waals surface area contributed by atoms with Gasteiger partial charge in [0, 0.05) is 32.2 Å². The second kappa shape index (κ2) is 6.41. The van der Waals surface area contributed by atoms with Crippen molar-refractivity contribution >= 4 is 15.9 Å². The molecule has 7 heteroatoms. The third-order valence-electron chi connectivity index (χ3n) is 4.34. The summed E-state index contributed by atoms with van der Waals surface area (Å²) >= 11 is 0. The van der Waals surface area contributed by atoms with Gasteiger partial charge in [0.05, 0.1) is 12.8 Å². The van der Waals surface area contributed by atoms with E-state index in [0.717, 1.165) is 13.0 Å². The first-order valence-corrected chi connectivity index (χ1v) is 9.19. The van der Waals surface area contributed by atoms with Gasteiger partial charge in [-0.3, -0.25) is 9.69 Å². The van der Waals surface area contributed by atoms with Gasteiger partial charge in [0.25, 0.3) is 0 Å². The fraction of sp³-hybridized carbons (Fsp3) is 0.923. The lowest BCUT2D eigenvalue weighted by Crippen LogP contribution is -2.53. The zero-order chi connectivity index (χ0) is 14.8. The molecular weight excluding hydrogens is 278 g/mol. The first-order chi connectivity index (χ1) is 9.38. The van der Waals surface area contributed by atoms with E-state index in [-0.39, 0.29) is 5.91 Å². The van der Waals surface area contributed by atoms with Crippen LogP contribution in [-0.2, 0) is 14.8 Å². The topological polar surface area (TPSA) is 60.9 Å². The van der Waals surface area contributed by atoms with Crippen molar-refractivity contribution in [3.63, 3.8) is 0 Å². The molecule has 1 atom stereocenters. The molecule has 2 rings (SSSR count). The van der Waals surface area contributed by atoms with E-state index in [1.54, 1.807) is 4.90 Å². The summed E-state index contributed by atoms with van der Waals surface area (Å²) in [6.45, 7) is 5.49. The molecule has 0 aromatic carbocycles. The number of carbonyl (C=O) groups excluding carboxylic acids is 1. The number of piperazine rings is 1. The second-order valence-corrected chi connectivity index (χ2v) is 7.84. The Morgan fingerprint density at radius 1 is 1.10 bits per heavy atom. The van der Waals surface area contributed by atoms with Crippen molar-refractivity contribution in [1.82, 2.24) is 14.1 Å². The monoisotopic (exact) mass is 303 g/mol. The Labute approximate surface area is 121 Å². The van der Waals surface area contributed by atoms with Crippen LogP contribution in [-0.4, -0.2) is 80.0 Å². The average Bonchev–Trinajstić information content (AvgIpc) is 2.40. The first-order valence-electron chi connectivity index (χ1n) is 7.35. The van der Waals surface area contributed by atoms with Crippen LogP contribution < -0.4 is 0 Å². The van der Waals surface area contributed by atoms with Crippen molar-refractivity contribution in [2.45, 2.75) is 32.2 Å². The predicted molar refractivity (Wildman–Crippen MR) is 77.9 cm³/mol. The van der Waals surface area contributed by atoms with Gasteiger partial charge in [-0.15, -0.1) is 0 Å². The minimum atomic E-state index is -3.13. The van der Waals surface area contributed by atoms with Gasteiger partial charge in [-0.1, -0.05) is 6.42 Å². The number of hydrogen-bond donors (Lipinski definition) is 0. The summed E-state index contributed by atoms with van der Waals surface area (Å²) in [5.74, 6) is 0.131. The Morgan fingerprint density at radius 2 is 1.75 bits per heavy atom. The molecule has 20 heavy (non-hydrogen) atoms. The Bertz CT molecular complexity index is 444. The van der Waals surface area contributed by atoms with Gasteiger partial charge in [0.15, 0.2) is 0 Å². The van der Waals surface area contributed by atoms with Crippen LogP contribution in [0.1, 0.15) is 26.2 Å². The van der Waals surface area contributed by atoms with Crippen molar-refractivity contribution in [3.8, 4) is 0 Å². The number of amides is 1. The van der Waals surface area contributed by atoms with Crippen LogP contribution in [0.5, 0.6) is 0 Å². The molecule has 0 spiro atoms. The highest BCUT2D eigenvalue weighted by Crippen LogP contribution is 2.16. The number of hydrogen-bond acceptors (Lipinski definition) is 4. The zero-order valence-corrected chi connectivity index (χ0v) is 13.2. The lowest BCUT2D eigenvalue weighted by Gasteiger charge is -2.37. The first kappa shape index (κ1) is 15.7. The molecule has 0 bridgehead atoms. The molecule has 0 aromatic heterocycles. The fourth-order valence-electron chi connectivity index (χ4n) is 2.94. The van der Waals surface area contributed by atoms with Gasteiger partial charge < -0.3 is 4.90 Å². The summed E-state index contributed by atoms with van der Waals surface area (Å²) in [5, 5.41) is 0. The molecule has 0 aromatic rings. The molecule has 116 valence electrons. The maximum atomic E-state index is 12.3. The van der Waals surface area contributed by atoms with Crippen LogP contribution in [0.25, 0.3) is 0 Å². The molecule has 6 nitrogen and oxygen atoms in total. The maximum absolute atomic E-state index is 12.3. The van der Waals surface area contributed by atoms with Crippen molar-refractivity contribution in [1.29, 1.82) is 0 Å². The van der Waals surface area contributed by atoms with Gasteiger partial charge in [-0.2, -0.15) is 4.31 Å². The zero-order valence-electron chi connectivity index (χ0n) is 12.4. The summed E-state index contributed by atoms with van der Waals surface area (Å²) in [6, 6.07) is 0.477. The van der Waals surface area contributed by atoms with E-state index < -0.39 is 10.0 Å². The van der Waals surface area contributed by atoms with E-state index in [0.29, 0.717) is 38.8 Å². The van der Waals surface area contributed by atoms with E-state index in [2.05, 4.69) is 11.8 Å². The van der Waals surface area contributed by atoms with E-state index in [9.17, 15) is 13.2 Å². The van der Waals surface area contributed by atoms with Gasteiger partial charge in [-0.05, 0) is 26.3 Å². The summed E-state index contributed by atoms with van der Waals surface area (Å²) in [7, 11) is -3.13.